The van der Waals surface area contributed by atoms with E-state index in [-0.39, 0.29) is 0 Å². The maximum atomic E-state index is 2.64. The number of hydrogen-bond donors (Lipinski definition) is 0. The molecule has 0 saturated carbocycles. The largest absolute Gasteiger partial charge is 0.368 e. The molecule has 0 radical (unpaired) electrons. The van der Waals surface area contributed by atoms with Crippen LogP contribution in [0.25, 0.3) is 0 Å². The number of likely N-dealkylation sites (N-methyl/N-ethyl adjacent to an activating group) is 2. The maximum Gasteiger partial charge on any atom is 0.0389 e. The molecule has 2 aliphatic heterocycles. The fourth-order valence-electron chi connectivity index (χ4n) is 5.98. The van der Waals surface area contributed by atoms with Crippen molar-refractivity contribution < 1.29 is 0 Å². The van der Waals surface area contributed by atoms with Gasteiger partial charge in [0.15, 0.2) is 0 Å². The first-order valence-corrected chi connectivity index (χ1v) is 13.8. The van der Waals surface area contributed by atoms with Crippen molar-refractivity contribution in [1.29, 1.82) is 0 Å². The molecule has 2 aromatic carbocycles. The summed E-state index contributed by atoms with van der Waals surface area (Å²) >= 11 is 0. The summed E-state index contributed by atoms with van der Waals surface area (Å²) in [6, 6.07) is 20.8. The van der Waals surface area contributed by atoms with Crippen LogP contribution in [0.1, 0.15) is 70.9 Å². The van der Waals surface area contributed by atoms with Crippen molar-refractivity contribution in [1.82, 2.24) is 9.80 Å². The average Bonchev–Trinajstić information content (AvgIpc) is 2.83. The highest BCUT2D eigenvalue weighted by atomic mass is 15.3. The lowest BCUT2D eigenvalue weighted by atomic mass is 9.95. The second kappa shape index (κ2) is 10.9. The van der Waals surface area contributed by atoms with E-state index in [1.807, 2.05) is 0 Å². The molecule has 2 fully saturated rings. The molecule has 2 aromatic rings. The summed E-state index contributed by atoms with van der Waals surface area (Å²) < 4.78 is 0. The van der Waals surface area contributed by atoms with Crippen LogP contribution in [0.4, 0.5) is 11.4 Å². The predicted molar refractivity (Wildman–Crippen MR) is 152 cm³/mol. The average molecular weight is 477 g/mol. The highest BCUT2D eigenvalue weighted by molar-refractivity contribution is 5.50. The summed E-state index contributed by atoms with van der Waals surface area (Å²) in [5, 5.41) is 0. The van der Waals surface area contributed by atoms with E-state index in [0.29, 0.717) is 36.0 Å². The number of anilines is 2. The Morgan fingerprint density at radius 2 is 1.20 bits per heavy atom. The summed E-state index contributed by atoms with van der Waals surface area (Å²) in [7, 11) is 4.66. The van der Waals surface area contributed by atoms with Crippen LogP contribution in [0.5, 0.6) is 0 Å². The molecule has 0 aromatic heterocycles. The standard InChI is InChI=1S/C31H48N4/c1-22(2)26-9-13-28(14-10-26)34-19-24(5)33(8)31(20-34)17-30-21-35(25(6)18-32(30)7)29-15-11-27(12-16-29)23(3)4/h9-16,22-25,30-31H,17-21H2,1-8H3/t24-,25+,30-,31?/m1/s1. The van der Waals surface area contributed by atoms with Gasteiger partial charge in [-0.2, -0.15) is 0 Å². The van der Waals surface area contributed by atoms with E-state index in [4.69, 9.17) is 0 Å². The highest BCUT2D eigenvalue weighted by Gasteiger charge is 2.36. The van der Waals surface area contributed by atoms with E-state index in [1.54, 1.807) is 0 Å². The quantitative estimate of drug-likeness (QED) is 0.504. The van der Waals surface area contributed by atoms with E-state index in [1.165, 1.54) is 28.9 Å². The number of rotatable bonds is 6. The number of hydrogen-bond acceptors (Lipinski definition) is 4. The normalized spacial score (nSPS) is 26.7. The van der Waals surface area contributed by atoms with Gasteiger partial charge in [-0.25, -0.2) is 0 Å². The van der Waals surface area contributed by atoms with Crippen molar-refractivity contribution in [3.05, 3.63) is 59.7 Å². The third-order valence-electron chi connectivity index (χ3n) is 8.66. The van der Waals surface area contributed by atoms with Crippen molar-refractivity contribution in [2.75, 3.05) is 50.1 Å². The Balaban J connectivity index is 1.47. The molecule has 192 valence electrons. The van der Waals surface area contributed by atoms with Crippen molar-refractivity contribution in [3.8, 4) is 0 Å². The number of nitrogens with zero attached hydrogens (tertiary/aromatic N) is 4. The molecule has 2 saturated heterocycles. The number of piperazine rings is 2. The molecule has 4 heteroatoms. The van der Waals surface area contributed by atoms with Crippen LogP contribution in [0.2, 0.25) is 0 Å². The van der Waals surface area contributed by atoms with E-state index in [0.717, 1.165) is 26.2 Å². The van der Waals surface area contributed by atoms with Crippen molar-refractivity contribution in [2.45, 2.75) is 84.0 Å². The van der Waals surface area contributed by atoms with Gasteiger partial charge in [-0.05, 0) is 81.6 Å². The summed E-state index contributed by atoms with van der Waals surface area (Å²) in [4.78, 5) is 10.5. The maximum absolute atomic E-state index is 2.64. The van der Waals surface area contributed by atoms with Crippen LogP contribution < -0.4 is 9.80 Å². The van der Waals surface area contributed by atoms with Crippen LogP contribution in [0, 0.1) is 0 Å². The second-order valence-electron chi connectivity index (χ2n) is 11.9. The smallest absolute Gasteiger partial charge is 0.0389 e. The molecule has 0 amide bonds. The van der Waals surface area contributed by atoms with Gasteiger partial charge in [-0.15, -0.1) is 0 Å². The third kappa shape index (κ3) is 5.86. The topological polar surface area (TPSA) is 13.0 Å². The number of benzene rings is 2. The molecule has 4 atom stereocenters. The van der Waals surface area contributed by atoms with Crippen molar-refractivity contribution in [3.63, 3.8) is 0 Å². The van der Waals surface area contributed by atoms with Gasteiger partial charge in [-0.3, -0.25) is 9.80 Å². The van der Waals surface area contributed by atoms with Crippen LogP contribution in [-0.2, 0) is 0 Å². The van der Waals surface area contributed by atoms with E-state index >= 15 is 0 Å². The Hall–Kier alpha value is -2.04. The zero-order valence-corrected chi connectivity index (χ0v) is 23.4. The summed E-state index contributed by atoms with van der Waals surface area (Å²) in [6.07, 6.45) is 1.20. The van der Waals surface area contributed by atoms with Gasteiger partial charge in [0.05, 0.1) is 0 Å². The Bertz CT molecular complexity index is 935. The summed E-state index contributed by atoms with van der Waals surface area (Å²) in [6.45, 7) is 18.3. The van der Waals surface area contributed by atoms with Gasteiger partial charge in [0, 0.05) is 61.7 Å². The minimum atomic E-state index is 0.528. The van der Waals surface area contributed by atoms with E-state index in [9.17, 15) is 0 Å². The lowest BCUT2D eigenvalue weighted by molar-refractivity contribution is 0.102. The molecule has 0 aliphatic carbocycles. The SMILES string of the molecule is CC(C)c1ccc(N2CC(C[C@@H]3CN(c4ccc(C(C)C)cc4)[C@@H](C)CN3C)N(C)[C@H](C)C2)cc1. The fourth-order valence-corrected chi connectivity index (χ4v) is 5.98. The minimum Gasteiger partial charge on any atom is -0.368 e. The molecule has 0 spiro atoms. The highest BCUT2D eigenvalue weighted by Crippen LogP contribution is 2.30. The van der Waals surface area contributed by atoms with Gasteiger partial charge >= 0.3 is 0 Å². The molecular weight excluding hydrogens is 428 g/mol. The molecule has 4 rings (SSSR count). The van der Waals surface area contributed by atoms with Gasteiger partial charge < -0.3 is 9.80 Å². The lowest BCUT2D eigenvalue weighted by Crippen LogP contribution is -2.61. The van der Waals surface area contributed by atoms with Gasteiger partial charge in [-0.1, -0.05) is 52.0 Å². The van der Waals surface area contributed by atoms with Crippen LogP contribution >= 0.6 is 0 Å². The van der Waals surface area contributed by atoms with E-state index in [2.05, 4.69) is 124 Å². The summed E-state index contributed by atoms with van der Waals surface area (Å²) in [5.41, 5.74) is 5.59. The minimum absolute atomic E-state index is 0.528. The van der Waals surface area contributed by atoms with Crippen LogP contribution in [0.3, 0.4) is 0 Å². The monoisotopic (exact) mass is 476 g/mol. The molecule has 1 unspecified atom stereocenters. The first-order valence-electron chi connectivity index (χ1n) is 13.8. The Labute approximate surface area is 214 Å². The van der Waals surface area contributed by atoms with Crippen molar-refractivity contribution in [2.24, 2.45) is 0 Å². The third-order valence-corrected chi connectivity index (χ3v) is 8.66. The zero-order chi connectivity index (χ0) is 25.3. The van der Waals surface area contributed by atoms with Gasteiger partial charge in [0.1, 0.15) is 0 Å². The zero-order valence-electron chi connectivity index (χ0n) is 23.4. The van der Waals surface area contributed by atoms with E-state index < -0.39 is 0 Å². The van der Waals surface area contributed by atoms with Crippen LogP contribution in [-0.4, -0.2) is 74.2 Å². The molecule has 2 heterocycles. The predicted octanol–water partition coefficient (Wildman–Crippen LogP) is 6.04. The molecule has 4 nitrogen and oxygen atoms in total. The summed E-state index contributed by atoms with van der Waals surface area (Å²) in [5.74, 6) is 1.16. The molecule has 0 bridgehead atoms. The van der Waals surface area contributed by atoms with Gasteiger partial charge in [0.2, 0.25) is 0 Å². The van der Waals surface area contributed by atoms with Crippen molar-refractivity contribution >= 4 is 11.4 Å². The molecule has 0 N–H and O–H groups in total. The first-order chi connectivity index (χ1) is 16.6. The fraction of sp³-hybridized carbons (Fsp3) is 0.613. The first kappa shape index (κ1) is 26.0. The van der Waals surface area contributed by atoms with Gasteiger partial charge in [0.25, 0.3) is 0 Å². The Morgan fingerprint density at radius 1 is 0.657 bits per heavy atom. The molecule has 2 aliphatic rings. The lowest BCUT2D eigenvalue weighted by Gasteiger charge is -2.50. The Morgan fingerprint density at radius 3 is 1.74 bits per heavy atom. The molecule has 35 heavy (non-hydrogen) atoms. The Kier molecular flexibility index (Phi) is 8.12. The second-order valence-corrected chi connectivity index (χ2v) is 11.9. The molecular formula is C31H48N4. The van der Waals surface area contributed by atoms with Crippen LogP contribution in [0.15, 0.2) is 48.5 Å².